The Hall–Kier alpha value is -5.67. The van der Waals surface area contributed by atoms with Gasteiger partial charge in [0.25, 0.3) is 17.5 Å². The van der Waals surface area contributed by atoms with Crippen molar-refractivity contribution in [3.05, 3.63) is 147 Å². The van der Waals surface area contributed by atoms with Crippen molar-refractivity contribution in [2.75, 3.05) is 6.61 Å². The molecule has 2 unspecified atom stereocenters. The molecule has 5 rings (SSSR count). The first-order chi connectivity index (χ1) is 24.4. The molecule has 264 valence electrons. The summed E-state index contributed by atoms with van der Waals surface area (Å²) in [5, 5.41) is 12.3. The second kappa shape index (κ2) is 16.4. The van der Waals surface area contributed by atoms with Gasteiger partial charge >= 0.3 is 5.97 Å². The Kier molecular flexibility index (Phi) is 11.7. The molecule has 0 aliphatic carbocycles. The van der Waals surface area contributed by atoms with Crippen LogP contribution in [0.2, 0.25) is 0 Å². The zero-order valence-corrected chi connectivity index (χ0v) is 29.1. The number of nitrogens with one attached hydrogen (secondary N) is 1. The van der Waals surface area contributed by atoms with Crippen molar-refractivity contribution in [1.82, 2.24) is 10.2 Å². The van der Waals surface area contributed by atoms with Crippen molar-refractivity contribution < 1.29 is 41.9 Å². The van der Waals surface area contributed by atoms with E-state index in [2.05, 4.69) is 5.32 Å². The molecule has 1 N–H and O–H groups in total. The predicted molar refractivity (Wildman–Crippen MR) is 187 cm³/mol. The van der Waals surface area contributed by atoms with E-state index >= 15 is 0 Å². The second-order valence-corrected chi connectivity index (χ2v) is 15.2. The van der Waals surface area contributed by atoms with Crippen molar-refractivity contribution in [1.29, 1.82) is 0 Å². The Balaban J connectivity index is 1.45. The molecule has 15 heteroatoms. The molecule has 1 fully saturated rings. The van der Waals surface area contributed by atoms with E-state index in [1.807, 2.05) is 6.07 Å². The number of carbonyl (C=O) groups excluding carboxylic acids is 3. The van der Waals surface area contributed by atoms with E-state index in [1.165, 1.54) is 43.3 Å². The van der Waals surface area contributed by atoms with Crippen LogP contribution < -0.4 is 10.1 Å². The number of hydrogen-bond acceptors (Lipinski definition) is 11. The van der Waals surface area contributed by atoms with E-state index in [-0.39, 0.29) is 35.3 Å². The molecule has 1 heterocycles. The average molecular weight is 732 g/mol. The number of non-ortho nitro benzene ring substituents is 1. The number of nitro groups is 1. The first-order valence-electron chi connectivity index (χ1n) is 15.5. The summed E-state index contributed by atoms with van der Waals surface area (Å²) in [4.78, 5) is 52.0. The van der Waals surface area contributed by atoms with Gasteiger partial charge in [0.15, 0.2) is 12.3 Å². The molecule has 0 radical (unpaired) electrons. The topological polar surface area (TPSA) is 171 Å². The first kappa shape index (κ1) is 36.6. The van der Waals surface area contributed by atoms with Crippen LogP contribution in [0, 0.1) is 17.0 Å². The molecular formula is C36H33N3O10S2. The molecule has 0 spiro atoms. The summed E-state index contributed by atoms with van der Waals surface area (Å²) in [5.41, 5.74) is 1.47. The van der Waals surface area contributed by atoms with Crippen LogP contribution in [-0.2, 0) is 45.9 Å². The highest BCUT2D eigenvalue weighted by molar-refractivity contribution is 8.72. The van der Waals surface area contributed by atoms with Crippen LogP contribution in [0.1, 0.15) is 23.6 Å². The molecule has 0 aromatic heterocycles. The lowest BCUT2D eigenvalue weighted by Gasteiger charge is -2.46. The monoisotopic (exact) mass is 731 g/mol. The SMILES string of the molecule is C/C(OCc1ccccc1)=C(/C(=O)OCc1ccc([N+](=O)[O-])cc1)N1C(=O)C(NC(=O)COc2ccccc2)C1SS(=O)(=O)c1ccc(C)cc1. The molecule has 0 bridgehead atoms. The van der Waals surface area contributed by atoms with E-state index in [0.717, 1.165) is 16.0 Å². The number of para-hydroxylation sites is 1. The van der Waals surface area contributed by atoms with Gasteiger partial charge in [0.1, 0.15) is 36.1 Å². The first-order valence-corrected chi connectivity index (χ1v) is 18.4. The average Bonchev–Trinajstić information content (AvgIpc) is 3.13. The predicted octanol–water partition coefficient (Wildman–Crippen LogP) is 5.25. The standard InChI is InChI=1S/C36H33N3O10S2/c1-24-13-19-30(20-14-24)51(45,46)50-35-32(37-31(40)23-48-29-11-7-4-8-12-29)34(41)38(35)33(25(2)47-21-26-9-5-3-6-10-26)36(42)49-22-27-15-17-28(18-16-27)39(43)44/h3-20,32,35H,21-23H2,1-2H3,(H,37,40)/b33-25+. The summed E-state index contributed by atoms with van der Waals surface area (Å²) in [7, 11) is -3.77. The Bertz CT molecular complexity index is 2020. The van der Waals surface area contributed by atoms with Crippen molar-refractivity contribution in [3.63, 3.8) is 0 Å². The summed E-state index contributed by atoms with van der Waals surface area (Å²) < 4.78 is 44.3. The Morgan fingerprint density at radius 3 is 2.08 bits per heavy atom. The van der Waals surface area contributed by atoms with Crippen molar-refractivity contribution in [2.24, 2.45) is 0 Å². The molecule has 0 saturated carbocycles. The molecule has 1 aliphatic heterocycles. The van der Waals surface area contributed by atoms with Gasteiger partial charge in [0.2, 0.25) is 8.87 Å². The number of rotatable bonds is 15. The quantitative estimate of drug-likeness (QED) is 0.0322. The van der Waals surface area contributed by atoms with Crippen LogP contribution in [0.25, 0.3) is 0 Å². The third-order valence-electron chi connectivity index (χ3n) is 7.59. The molecular weight excluding hydrogens is 699 g/mol. The maximum atomic E-state index is 13.8. The number of likely N-dealkylation sites (tertiary alicyclic amines) is 1. The number of esters is 1. The maximum Gasteiger partial charge on any atom is 0.358 e. The molecule has 2 atom stereocenters. The highest BCUT2D eigenvalue weighted by Gasteiger charge is 2.55. The van der Waals surface area contributed by atoms with E-state index in [1.54, 1.807) is 73.7 Å². The van der Waals surface area contributed by atoms with Crippen molar-refractivity contribution in [3.8, 4) is 5.75 Å². The van der Waals surface area contributed by atoms with E-state index in [0.29, 0.717) is 22.1 Å². The fourth-order valence-corrected chi connectivity index (χ4v) is 8.35. The van der Waals surface area contributed by atoms with E-state index in [9.17, 15) is 32.9 Å². The summed E-state index contributed by atoms with van der Waals surface area (Å²) in [5.74, 6) is -2.14. The third kappa shape index (κ3) is 9.32. The van der Waals surface area contributed by atoms with Gasteiger partial charge in [0, 0.05) is 22.9 Å². The number of ether oxygens (including phenoxy) is 3. The van der Waals surface area contributed by atoms with Gasteiger partial charge < -0.3 is 19.5 Å². The lowest BCUT2D eigenvalue weighted by Crippen LogP contribution is -2.70. The lowest BCUT2D eigenvalue weighted by atomic mass is 10.1. The van der Waals surface area contributed by atoms with Gasteiger partial charge in [-0.15, -0.1) is 0 Å². The zero-order chi connectivity index (χ0) is 36.5. The second-order valence-electron chi connectivity index (χ2n) is 11.3. The van der Waals surface area contributed by atoms with Crippen LogP contribution >= 0.6 is 10.8 Å². The summed E-state index contributed by atoms with van der Waals surface area (Å²) in [6.07, 6.45) is 0. The van der Waals surface area contributed by atoms with Gasteiger partial charge in [0.05, 0.1) is 9.82 Å². The van der Waals surface area contributed by atoms with Crippen LogP contribution in [0.5, 0.6) is 5.75 Å². The number of nitro benzene ring substituents is 1. The Labute approximate surface area is 297 Å². The molecule has 1 saturated heterocycles. The number of aryl methyl sites for hydroxylation is 1. The fraction of sp³-hybridized carbons (Fsp3) is 0.194. The van der Waals surface area contributed by atoms with Gasteiger partial charge in [-0.3, -0.25) is 24.6 Å². The van der Waals surface area contributed by atoms with E-state index < -0.39 is 49.6 Å². The molecule has 4 aromatic rings. The van der Waals surface area contributed by atoms with Gasteiger partial charge in [-0.05, 0) is 61.4 Å². The number of allylic oxidation sites excluding steroid dienone is 1. The lowest BCUT2D eigenvalue weighted by molar-refractivity contribution is -0.384. The van der Waals surface area contributed by atoms with Gasteiger partial charge in [-0.25, -0.2) is 13.2 Å². The highest BCUT2D eigenvalue weighted by Crippen LogP contribution is 2.40. The zero-order valence-electron chi connectivity index (χ0n) is 27.5. The molecule has 2 amide bonds. The Morgan fingerprint density at radius 2 is 1.45 bits per heavy atom. The summed E-state index contributed by atoms with van der Waals surface area (Å²) >= 11 is 0. The Morgan fingerprint density at radius 1 is 0.863 bits per heavy atom. The number of β-lactam (4-membered cyclic amide) rings is 1. The van der Waals surface area contributed by atoms with Crippen LogP contribution in [0.4, 0.5) is 5.69 Å². The molecule has 51 heavy (non-hydrogen) atoms. The van der Waals surface area contributed by atoms with Gasteiger partial charge in [-0.1, -0.05) is 66.2 Å². The number of hydrogen-bond donors (Lipinski definition) is 1. The molecule has 13 nitrogen and oxygen atoms in total. The van der Waals surface area contributed by atoms with Crippen molar-refractivity contribution >= 4 is 43.1 Å². The maximum absolute atomic E-state index is 13.8. The fourth-order valence-electron chi connectivity index (χ4n) is 4.88. The molecule has 4 aromatic carbocycles. The normalized spacial score (nSPS) is 16.0. The van der Waals surface area contributed by atoms with E-state index in [4.69, 9.17) is 14.2 Å². The minimum Gasteiger partial charge on any atom is -0.491 e. The molecule has 1 aliphatic rings. The van der Waals surface area contributed by atoms with Crippen LogP contribution in [0.3, 0.4) is 0 Å². The summed E-state index contributed by atoms with van der Waals surface area (Å²) in [6, 6.07) is 27.6. The minimum absolute atomic E-state index is 0.00427. The highest BCUT2D eigenvalue weighted by atomic mass is 33.1. The number of amides is 2. The number of carbonyl (C=O) groups is 3. The third-order valence-corrected chi connectivity index (χ3v) is 11.3. The van der Waals surface area contributed by atoms with Gasteiger partial charge in [-0.2, -0.15) is 0 Å². The number of nitrogens with zero attached hydrogens (tertiary/aromatic N) is 2. The minimum atomic E-state index is -4.15. The largest absolute Gasteiger partial charge is 0.491 e. The smallest absolute Gasteiger partial charge is 0.358 e. The number of benzene rings is 4. The van der Waals surface area contributed by atoms with Crippen LogP contribution in [-0.4, -0.2) is 54.0 Å². The van der Waals surface area contributed by atoms with Crippen LogP contribution in [0.15, 0.2) is 126 Å². The van der Waals surface area contributed by atoms with Crippen molar-refractivity contribution in [2.45, 2.75) is 43.4 Å². The summed E-state index contributed by atoms with van der Waals surface area (Å²) in [6.45, 7) is 2.45.